The first kappa shape index (κ1) is 25.5. The summed E-state index contributed by atoms with van der Waals surface area (Å²) < 4.78 is 20.4. The van der Waals surface area contributed by atoms with Gasteiger partial charge in [-0.3, -0.25) is 14.5 Å². The summed E-state index contributed by atoms with van der Waals surface area (Å²) in [7, 11) is 0. The molecule has 3 aliphatic rings. The molecule has 36 heavy (non-hydrogen) atoms. The van der Waals surface area contributed by atoms with Crippen molar-refractivity contribution in [2.24, 2.45) is 5.92 Å². The summed E-state index contributed by atoms with van der Waals surface area (Å²) in [5.41, 5.74) is 0.526. The molecule has 4 rings (SSSR count). The van der Waals surface area contributed by atoms with E-state index in [9.17, 15) is 19.6 Å². The highest BCUT2D eigenvalue weighted by molar-refractivity contribution is 5.90. The van der Waals surface area contributed by atoms with E-state index in [0.717, 1.165) is 19.3 Å². The van der Waals surface area contributed by atoms with E-state index in [1.807, 2.05) is 0 Å². The van der Waals surface area contributed by atoms with E-state index in [1.165, 1.54) is 17.9 Å². The van der Waals surface area contributed by atoms with Crippen molar-refractivity contribution in [2.75, 3.05) is 29.4 Å². The molecular formula is C26H32FN5O4. The van der Waals surface area contributed by atoms with Gasteiger partial charge in [-0.2, -0.15) is 5.26 Å². The Bertz CT molecular complexity index is 1090. The summed E-state index contributed by atoms with van der Waals surface area (Å²) >= 11 is 0. The third kappa shape index (κ3) is 5.45. The predicted octanol–water partition coefficient (Wildman–Crippen LogP) is 3.36. The van der Waals surface area contributed by atoms with E-state index in [0.29, 0.717) is 49.3 Å². The Morgan fingerprint density at radius 3 is 2.67 bits per heavy atom. The second kappa shape index (κ2) is 10.6. The summed E-state index contributed by atoms with van der Waals surface area (Å²) in [6, 6.07) is 6.84. The molecular weight excluding hydrogens is 465 g/mol. The molecule has 10 heteroatoms. The van der Waals surface area contributed by atoms with Gasteiger partial charge >= 0.3 is 6.09 Å². The van der Waals surface area contributed by atoms with Crippen LogP contribution in [0.25, 0.3) is 0 Å². The Kier molecular flexibility index (Phi) is 7.48. The Balaban J connectivity index is 1.38. The van der Waals surface area contributed by atoms with Crippen LogP contribution in [-0.2, 0) is 14.3 Å². The van der Waals surface area contributed by atoms with Crippen molar-refractivity contribution in [3.05, 3.63) is 36.3 Å². The Morgan fingerprint density at radius 2 is 2.03 bits per heavy atom. The lowest BCUT2D eigenvalue weighted by Crippen LogP contribution is -2.51. The van der Waals surface area contributed by atoms with E-state index >= 15 is 4.39 Å². The van der Waals surface area contributed by atoms with Crippen LogP contribution in [0.4, 0.5) is 20.6 Å². The van der Waals surface area contributed by atoms with Crippen molar-refractivity contribution >= 4 is 29.3 Å². The first-order valence-corrected chi connectivity index (χ1v) is 12.4. The number of hydrogen-bond acceptors (Lipinski definition) is 6. The molecule has 2 N–H and O–H groups in total. The monoisotopic (exact) mass is 497 g/mol. The zero-order chi connectivity index (χ0) is 25.9. The molecule has 0 spiro atoms. The second-order valence-electron chi connectivity index (χ2n) is 9.84. The molecule has 0 radical (unpaired) electrons. The number of nitriles is 1. The molecule has 2 atom stereocenters. The highest BCUT2D eigenvalue weighted by Gasteiger charge is 2.37. The van der Waals surface area contributed by atoms with Gasteiger partial charge in [0, 0.05) is 25.1 Å². The number of anilines is 2. The molecule has 0 bridgehead atoms. The predicted molar refractivity (Wildman–Crippen MR) is 131 cm³/mol. The van der Waals surface area contributed by atoms with Gasteiger partial charge in [0.2, 0.25) is 11.8 Å². The number of hydrogen-bond donors (Lipinski definition) is 2. The number of nitrogens with one attached hydrogen (secondary N) is 2. The van der Waals surface area contributed by atoms with Gasteiger partial charge in [-0.25, -0.2) is 9.18 Å². The fourth-order valence-electron chi connectivity index (χ4n) is 5.19. The number of nitrogens with zero attached hydrogens (tertiary/aromatic N) is 3. The largest absolute Gasteiger partial charge is 0.442 e. The lowest BCUT2D eigenvalue weighted by molar-refractivity contribution is -0.127. The van der Waals surface area contributed by atoms with E-state index in [1.54, 1.807) is 17.0 Å². The fraction of sp³-hybridized carbons (Fsp3) is 0.538. The highest BCUT2D eigenvalue weighted by atomic mass is 19.1. The zero-order valence-electron chi connectivity index (χ0n) is 20.5. The van der Waals surface area contributed by atoms with Crippen molar-refractivity contribution in [1.29, 1.82) is 5.26 Å². The third-order valence-electron chi connectivity index (χ3n) is 7.21. The molecule has 3 fully saturated rings. The zero-order valence-corrected chi connectivity index (χ0v) is 20.5. The normalized spacial score (nSPS) is 23.6. The minimum Gasteiger partial charge on any atom is -0.442 e. The summed E-state index contributed by atoms with van der Waals surface area (Å²) in [6.45, 7) is 6.27. The van der Waals surface area contributed by atoms with Gasteiger partial charge in [-0.05, 0) is 43.9 Å². The van der Waals surface area contributed by atoms with E-state index in [2.05, 4.69) is 23.3 Å². The molecule has 1 aromatic rings. The first-order valence-electron chi connectivity index (χ1n) is 12.4. The van der Waals surface area contributed by atoms with Crippen molar-refractivity contribution < 1.29 is 23.5 Å². The number of halogens is 1. The lowest BCUT2D eigenvalue weighted by atomic mass is 9.82. The van der Waals surface area contributed by atoms with Gasteiger partial charge in [0.1, 0.15) is 17.5 Å². The maximum absolute atomic E-state index is 15.2. The van der Waals surface area contributed by atoms with Crippen LogP contribution in [0.1, 0.15) is 51.9 Å². The standard InChI is InChI=1S/C26H32FN5O4/c1-17-12-19(24(34)30-26(16-28)9-4-3-5-10-26)8-11-31(17)23-7-6-20(13-22(23)27)32-15-21(36-25(32)35)14-29-18(2)33/h6-7,13,19,21H,1,3-5,8-12,14-15H2,2H3,(H,29,33)(H,30,34). The van der Waals surface area contributed by atoms with Crippen LogP contribution in [-0.4, -0.2) is 49.2 Å². The minimum absolute atomic E-state index is 0.142. The number of piperidine rings is 1. The summed E-state index contributed by atoms with van der Waals surface area (Å²) in [5, 5.41) is 15.3. The van der Waals surface area contributed by atoms with Crippen molar-refractivity contribution in [3.63, 3.8) is 0 Å². The number of benzene rings is 1. The minimum atomic E-state index is -0.784. The molecule has 3 amide bonds. The Labute approximate surface area is 210 Å². The van der Waals surface area contributed by atoms with Crippen LogP contribution in [0, 0.1) is 23.1 Å². The van der Waals surface area contributed by atoms with E-state index in [-0.39, 0.29) is 30.8 Å². The summed E-state index contributed by atoms with van der Waals surface area (Å²) in [4.78, 5) is 39.4. The first-order chi connectivity index (χ1) is 17.2. The molecule has 192 valence electrons. The molecule has 0 aromatic heterocycles. The number of amides is 3. The number of carbonyl (C=O) groups is 3. The number of carbonyl (C=O) groups excluding carboxylic acids is 3. The molecule has 2 unspecified atom stereocenters. The van der Waals surface area contributed by atoms with E-state index < -0.39 is 23.6 Å². The van der Waals surface area contributed by atoms with Crippen LogP contribution in [0.2, 0.25) is 0 Å². The summed E-state index contributed by atoms with van der Waals surface area (Å²) in [5.74, 6) is -1.19. The molecule has 2 saturated heterocycles. The molecule has 1 aliphatic carbocycles. The van der Waals surface area contributed by atoms with Crippen LogP contribution < -0.4 is 20.4 Å². The number of allylic oxidation sites excluding steroid dienone is 1. The topological polar surface area (TPSA) is 115 Å². The van der Waals surface area contributed by atoms with Gasteiger partial charge < -0.3 is 20.3 Å². The SMILES string of the molecule is C=C1CC(C(=O)NC2(C#N)CCCCC2)CCN1c1ccc(N2CC(CNC(C)=O)OC2=O)cc1F. The average molecular weight is 498 g/mol. The maximum atomic E-state index is 15.2. The second-order valence-corrected chi connectivity index (χ2v) is 9.84. The Morgan fingerprint density at radius 1 is 1.28 bits per heavy atom. The highest BCUT2D eigenvalue weighted by Crippen LogP contribution is 2.35. The van der Waals surface area contributed by atoms with Crippen molar-refractivity contribution in [3.8, 4) is 6.07 Å². The van der Waals surface area contributed by atoms with Crippen molar-refractivity contribution in [1.82, 2.24) is 10.6 Å². The molecule has 9 nitrogen and oxygen atoms in total. The number of ether oxygens (including phenoxy) is 1. The fourth-order valence-corrected chi connectivity index (χ4v) is 5.19. The molecule has 2 aliphatic heterocycles. The van der Waals surface area contributed by atoms with Gasteiger partial charge in [0.25, 0.3) is 0 Å². The van der Waals surface area contributed by atoms with Crippen LogP contribution in [0.3, 0.4) is 0 Å². The van der Waals surface area contributed by atoms with Gasteiger partial charge in [0.15, 0.2) is 0 Å². The van der Waals surface area contributed by atoms with Gasteiger partial charge in [-0.1, -0.05) is 25.8 Å². The third-order valence-corrected chi connectivity index (χ3v) is 7.21. The number of cyclic esters (lactones) is 1. The van der Waals surface area contributed by atoms with Crippen LogP contribution >= 0.6 is 0 Å². The smallest absolute Gasteiger partial charge is 0.414 e. The molecule has 1 saturated carbocycles. The molecule has 2 heterocycles. The Hall–Kier alpha value is -3.61. The quantitative estimate of drug-likeness (QED) is 0.623. The van der Waals surface area contributed by atoms with Gasteiger partial charge in [0.05, 0.1) is 30.5 Å². The van der Waals surface area contributed by atoms with Gasteiger partial charge in [-0.15, -0.1) is 0 Å². The average Bonchev–Trinajstić information content (AvgIpc) is 3.24. The summed E-state index contributed by atoms with van der Waals surface area (Å²) in [6.07, 6.45) is 4.06. The van der Waals surface area contributed by atoms with Crippen LogP contribution in [0.15, 0.2) is 30.5 Å². The number of rotatable bonds is 6. The van der Waals surface area contributed by atoms with E-state index in [4.69, 9.17) is 4.74 Å². The molecule has 1 aromatic carbocycles. The lowest BCUT2D eigenvalue weighted by Gasteiger charge is -2.37. The maximum Gasteiger partial charge on any atom is 0.414 e. The van der Waals surface area contributed by atoms with Crippen LogP contribution in [0.5, 0.6) is 0 Å². The van der Waals surface area contributed by atoms with Crippen molar-refractivity contribution in [2.45, 2.75) is 63.5 Å².